The first-order valence-electron chi connectivity index (χ1n) is 5.92. The van der Waals surface area contributed by atoms with Gasteiger partial charge in [-0.25, -0.2) is 0 Å². The van der Waals surface area contributed by atoms with Gasteiger partial charge in [-0.3, -0.25) is 4.90 Å². The lowest BCUT2D eigenvalue weighted by atomic mass is 10.2. The fraction of sp³-hybridized carbons (Fsp3) is 0.538. The molecule has 17 heavy (non-hydrogen) atoms. The summed E-state index contributed by atoms with van der Waals surface area (Å²) in [6.45, 7) is 2.75. The van der Waals surface area contributed by atoms with Crippen LogP contribution >= 0.6 is 15.9 Å². The van der Waals surface area contributed by atoms with Gasteiger partial charge in [0.25, 0.3) is 0 Å². The zero-order valence-electron chi connectivity index (χ0n) is 10.0. The highest BCUT2D eigenvalue weighted by molar-refractivity contribution is 9.10. The Morgan fingerprint density at radius 3 is 3.00 bits per heavy atom. The molecular formula is C13H18BrNO2. The molecule has 1 N–H and O–H groups in total. The molecule has 0 aliphatic carbocycles. The lowest BCUT2D eigenvalue weighted by molar-refractivity contribution is 0.0793. The van der Waals surface area contributed by atoms with Crippen LogP contribution in [0.15, 0.2) is 22.7 Å². The van der Waals surface area contributed by atoms with Gasteiger partial charge in [0.05, 0.1) is 10.6 Å². The van der Waals surface area contributed by atoms with Gasteiger partial charge in [0.15, 0.2) is 0 Å². The van der Waals surface area contributed by atoms with Crippen molar-refractivity contribution in [3.05, 3.63) is 28.2 Å². The van der Waals surface area contributed by atoms with Crippen LogP contribution in [0.2, 0.25) is 0 Å². The molecule has 1 fully saturated rings. The van der Waals surface area contributed by atoms with Crippen LogP contribution in [0.1, 0.15) is 18.4 Å². The molecule has 1 aliphatic rings. The van der Waals surface area contributed by atoms with Crippen LogP contribution in [0.25, 0.3) is 0 Å². The summed E-state index contributed by atoms with van der Waals surface area (Å²) in [5.74, 6) is 0.288. The number of hydrogen-bond acceptors (Lipinski definition) is 3. The molecule has 1 saturated heterocycles. The van der Waals surface area contributed by atoms with Gasteiger partial charge in [-0.05, 0) is 53.5 Å². The van der Waals surface area contributed by atoms with Crippen LogP contribution < -0.4 is 0 Å². The molecule has 0 aromatic heterocycles. The largest absolute Gasteiger partial charge is 0.507 e. The van der Waals surface area contributed by atoms with Gasteiger partial charge >= 0.3 is 0 Å². The molecule has 1 aromatic carbocycles. The van der Waals surface area contributed by atoms with E-state index in [0.717, 1.165) is 24.2 Å². The van der Waals surface area contributed by atoms with Gasteiger partial charge < -0.3 is 9.84 Å². The Labute approximate surface area is 111 Å². The summed E-state index contributed by atoms with van der Waals surface area (Å²) in [5, 5.41) is 9.43. The maximum atomic E-state index is 9.43. The highest BCUT2D eigenvalue weighted by Crippen LogP contribution is 2.25. The number of nitrogens with zero attached hydrogens (tertiary/aromatic N) is 1. The molecule has 4 heteroatoms. The number of likely N-dealkylation sites (N-methyl/N-ethyl adjacent to an activating group) is 1. The zero-order chi connectivity index (χ0) is 12.3. The third-order valence-electron chi connectivity index (χ3n) is 3.00. The number of halogens is 1. The molecule has 1 aliphatic heterocycles. The molecule has 0 bridgehead atoms. The number of phenolic OH excluding ortho intramolecular Hbond substituents is 1. The van der Waals surface area contributed by atoms with Crippen molar-refractivity contribution in [2.24, 2.45) is 0 Å². The molecule has 1 unspecified atom stereocenters. The van der Waals surface area contributed by atoms with E-state index >= 15 is 0 Å². The second-order valence-corrected chi connectivity index (χ2v) is 5.47. The van der Waals surface area contributed by atoms with E-state index in [0.29, 0.717) is 6.10 Å². The van der Waals surface area contributed by atoms with Crippen molar-refractivity contribution in [1.82, 2.24) is 4.90 Å². The van der Waals surface area contributed by atoms with Gasteiger partial charge in [0.2, 0.25) is 0 Å². The molecule has 1 heterocycles. The molecule has 2 rings (SSSR count). The summed E-state index contributed by atoms with van der Waals surface area (Å²) >= 11 is 3.33. The fourth-order valence-electron chi connectivity index (χ4n) is 2.16. The Balaban J connectivity index is 1.88. The van der Waals surface area contributed by atoms with Crippen molar-refractivity contribution in [2.75, 3.05) is 20.2 Å². The van der Waals surface area contributed by atoms with Gasteiger partial charge in [-0.2, -0.15) is 0 Å². The lowest BCUT2D eigenvalue weighted by Gasteiger charge is -2.20. The number of hydrogen-bond donors (Lipinski definition) is 1. The summed E-state index contributed by atoms with van der Waals surface area (Å²) in [7, 11) is 2.10. The van der Waals surface area contributed by atoms with Crippen LogP contribution in [0.5, 0.6) is 5.75 Å². The van der Waals surface area contributed by atoms with E-state index in [1.165, 1.54) is 18.4 Å². The van der Waals surface area contributed by atoms with Gasteiger partial charge in [-0.15, -0.1) is 0 Å². The molecular weight excluding hydrogens is 282 g/mol. The van der Waals surface area contributed by atoms with Crippen molar-refractivity contribution >= 4 is 15.9 Å². The van der Waals surface area contributed by atoms with Crippen LogP contribution in [-0.4, -0.2) is 36.3 Å². The Hall–Kier alpha value is -0.580. The second kappa shape index (κ2) is 5.85. The van der Waals surface area contributed by atoms with Gasteiger partial charge in [-0.1, -0.05) is 6.07 Å². The van der Waals surface area contributed by atoms with Crippen molar-refractivity contribution in [1.29, 1.82) is 0 Å². The van der Waals surface area contributed by atoms with Crippen LogP contribution in [0.4, 0.5) is 0 Å². The normalized spacial score (nSPS) is 20.1. The highest BCUT2D eigenvalue weighted by Gasteiger charge is 2.17. The molecule has 0 spiro atoms. The van der Waals surface area contributed by atoms with Crippen LogP contribution in [0.3, 0.4) is 0 Å². The number of benzene rings is 1. The molecule has 94 valence electrons. The van der Waals surface area contributed by atoms with Crippen molar-refractivity contribution in [3.8, 4) is 5.75 Å². The van der Waals surface area contributed by atoms with E-state index in [1.54, 1.807) is 6.07 Å². The lowest BCUT2D eigenvalue weighted by Crippen LogP contribution is -2.28. The molecule has 1 aromatic rings. The minimum Gasteiger partial charge on any atom is -0.507 e. The van der Waals surface area contributed by atoms with E-state index in [1.807, 2.05) is 12.1 Å². The Kier molecular flexibility index (Phi) is 4.42. The molecule has 3 nitrogen and oxygen atoms in total. The van der Waals surface area contributed by atoms with E-state index in [4.69, 9.17) is 4.74 Å². The predicted molar refractivity (Wildman–Crippen MR) is 71.1 cm³/mol. The van der Waals surface area contributed by atoms with Crippen LogP contribution in [0, 0.1) is 0 Å². The van der Waals surface area contributed by atoms with Crippen molar-refractivity contribution in [2.45, 2.75) is 25.5 Å². The summed E-state index contributed by atoms with van der Waals surface area (Å²) in [6, 6.07) is 5.63. The third-order valence-corrected chi connectivity index (χ3v) is 3.64. The minimum atomic E-state index is 0.288. The Morgan fingerprint density at radius 2 is 2.35 bits per heavy atom. The number of rotatable bonds is 4. The quantitative estimate of drug-likeness (QED) is 0.928. The zero-order valence-corrected chi connectivity index (χ0v) is 11.6. The summed E-state index contributed by atoms with van der Waals surface area (Å²) in [4.78, 5) is 2.26. The Bertz CT molecular complexity index is 378. The fourth-order valence-corrected chi connectivity index (χ4v) is 2.59. The van der Waals surface area contributed by atoms with E-state index in [-0.39, 0.29) is 5.75 Å². The maximum Gasteiger partial charge on any atom is 0.129 e. The first kappa shape index (κ1) is 12.9. The predicted octanol–water partition coefficient (Wildman–Crippen LogP) is 2.77. The maximum absolute atomic E-state index is 9.43. The number of ether oxygens (including phenoxy) is 1. The summed E-state index contributed by atoms with van der Waals surface area (Å²) in [6.07, 6.45) is 2.74. The number of aromatic hydroxyl groups is 1. The van der Waals surface area contributed by atoms with E-state index in [9.17, 15) is 5.11 Å². The third kappa shape index (κ3) is 3.69. The van der Waals surface area contributed by atoms with Gasteiger partial charge in [0.1, 0.15) is 5.75 Å². The van der Waals surface area contributed by atoms with Crippen LogP contribution in [-0.2, 0) is 11.3 Å². The first-order chi connectivity index (χ1) is 8.15. The Morgan fingerprint density at radius 1 is 1.53 bits per heavy atom. The highest BCUT2D eigenvalue weighted by atomic mass is 79.9. The minimum absolute atomic E-state index is 0.288. The van der Waals surface area contributed by atoms with Gasteiger partial charge in [0, 0.05) is 19.7 Å². The molecule has 1 atom stereocenters. The average molecular weight is 300 g/mol. The van der Waals surface area contributed by atoms with Crippen molar-refractivity contribution < 1.29 is 9.84 Å². The average Bonchev–Trinajstić information content (AvgIpc) is 2.76. The van der Waals surface area contributed by atoms with Crippen molar-refractivity contribution in [3.63, 3.8) is 0 Å². The smallest absolute Gasteiger partial charge is 0.129 e. The molecule has 0 radical (unpaired) electrons. The standard InChI is InChI=1S/C13H18BrNO2/c1-15(9-11-3-2-6-17-11)8-10-4-5-13(16)12(14)7-10/h4-5,7,11,16H,2-3,6,8-9H2,1H3. The molecule has 0 saturated carbocycles. The number of phenols is 1. The van der Waals surface area contributed by atoms with E-state index in [2.05, 4.69) is 27.9 Å². The second-order valence-electron chi connectivity index (χ2n) is 4.62. The summed E-state index contributed by atoms with van der Waals surface area (Å²) < 4.78 is 6.36. The SMILES string of the molecule is CN(Cc1ccc(O)c(Br)c1)CC1CCCO1. The van der Waals surface area contributed by atoms with E-state index < -0.39 is 0 Å². The monoisotopic (exact) mass is 299 g/mol. The first-order valence-corrected chi connectivity index (χ1v) is 6.72. The molecule has 0 amide bonds. The summed E-state index contributed by atoms with van der Waals surface area (Å²) in [5.41, 5.74) is 1.19. The topological polar surface area (TPSA) is 32.7 Å².